The zero-order valence-electron chi connectivity index (χ0n) is 20.4. The summed E-state index contributed by atoms with van der Waals surface area (Å²) in [5.41, 5.74) is 2.91. The van der Waals surface area contributed by atoms with Gasteiger partial charge in [0.05, 0.1) is 11.1 Å². The molecule has 1 aliphatic carbocycles. The fraction of sp³-hybridized carbons (Fsp3) is 0.333. The highest BCUT2D eigenvalue weighted by Crippen LogP contribution is 2.44. The molecular weight excluding hydrogens is 438 g/mol. The predicted molar refractivity (Wildman–Crippen MR) is 138 cm³/mol. The molecule has 1 fully saturated rings. The van der Waals surface area contributed by atoms with Gasteiger partial charge in [0.2, 0.25) is 0 Å². The lowest BCUT2D eigenvalue weighted by Gasteiger charge is -2.44. The maximum atomic E-state index is 13.2. The van der Waals surface area contributed by atoms with Crippen LogP contribution in [-0.2, 0) is 4.74 Å². The number of esters is 1. The lowest BCUT2D eigenvalue weighted by Crippen LogP contribution is -2.46. The molecular formula is C30H33NO4. The van der Waals surface area contributed by atoms with Crippen molar-refractivity contribution in [3.63, 3.8) is 0 Å². The van der Waals surface area contributed by atoms with Crippen LogP contribution in [0.3, 0.4) is 0 Å². The minimum atomic E-state index is -0.941. The number of aromatic carboxylic acids is 1. The van der Waals surface area contributed by atoms with Gasteiger partial charge in [0.1, 0.15) is 5.60 Å². The first-order valence-corrected chi connectivity index (χ1v) is 12.3. The Kier molecular flexibility index (Phi) is 7.67. The van der Waals surface area contributed by atoms with Crippen molar-refractivity contribution in [2.24, 2.45) is 0 Å². The Morgan fingerprint density at radius 1 is 0.886 bits per heavy atom. The maximum Gasteiger partial charge on any atom is 0.338 e. The van der Waals surface area contributed by atoms with Gasteiger partial charge in [-0.3, -0.25) is 0 Å². The van der Waals surface area contributed by atoms with E-state index in [1.807, 2.05) is 56.6 Å². The molecule has 0 aromatic heterocycles. The number of carboxylic acids is 1. The number of hydrogen-bond acceptors (Lipinski definition) is 4. The number of carboxylic acid groups (broad SMARTS) is 1. The van der Waals surface area contributed by atoms with Crippen molar-refractivity contribution in [3.05, 3.63) is 95.6 Å². The van der Waals surface area contributed by atoms with Gasteiger partial charge in [0, 0.05) is 12.5 Å². The molecule has 3 aromatic rings. The monoisotopic (exact) mass is 471 g/mol. The van der Waals surface area contributed by atoms with Gasteiger partial charge in [-0.1, -0.05) is 67.1 Å². The molecule has 0 spiro atoms. The summed E-state index contributed by atoms with van der Waals surface area (Å²) in [5, 5.41) is 9.60. The third kappa shape index (κ3) is 5.63. The molecule has 1 N–H and O–H groups in total. The zero-order chi connectivity index (χ0) is 24.8. The SMILES string of the molecule is CN(C)CC(c1ccc(-c2ccccc2C(=O)O)cc1)C1(OC(=O)c2ccccc2)CCCCC1. The van der Waals surface area contributed by atoms with Crippen LogP contribution in [0.2, 0.25) is 0 Å². The Morgan fingerprint density at radius 2 is 1.51 bits per heavy atom. The Bertz CT molecular complexity index is 1150. The molecule has 0 heterocycles. The van der Waals surface area contributed by atoms with Crippen LogP contribution in [0, 0.1) is 0 Å². The second kappa shape index (κ2) is 10.9. The molecule has 0 aliphatic heterocycles. The lowest BCUT2D eigenvalue weighted by atomic mass is 9.72. The molecule has 5 heteroatoms. The zero-order valence-corrected chi connectivity index (χ0v) is 20.4. The van der Waals surface area contributed by atoms with Gasteiger partial charge in [0.25, 0.3) is 0 Å². The van der Waals surface area contributed by atoms with Gasteiger partial charge in [-0.15, -0.1) is 0 Å². The van der Waals surface area contributed by atoms with E-state index in [1.54, 1.807) is 24.3 Å². The van der Waals surface area contributed by atoms with Crippen LogP contribution in [0.15, 0.2) is 78.9 Å². The third-order valence-electron chi connectivity index (χ3n) is 6.97. The molecule has 1 unspecified atom stereocenters. The van der Waals surface area contributed by atoms with Crippen LogP contribution in [0.5, 0.6) is 0 Å². The quantitative estimate of drug-likeness (QED) is 0.393. The highest BCUT2D eigenvalue weighted by atomic mass is 16.6. The molecule has 0 radical (unpaired) electrons. The van der Waals surface area contributed by atoms with E-state index in [-0.39, 0.29) is 17.5 Å². The van der Waals surface area contributed by atoms with Crippen LogP contribution >= 0.6 is 0 Å². The smallest absolute Gasteiger partial charge is 0.338 e. The average Bonchev–Trinajstić information content (AvgIpc) is 2.88. The fourth-order valence-electron chi connectivity index (χ4n) is 5.25. The minimum absolute atomic E-state index is 0.00534. The molecule has 0 saturated heterocycles. The van der Waals surface area contributed by atoms with E-state index >= 15 is 0 Å². The summed E-state index contributed by atoms with van der Waals surface area (Å²) >= 11 is 0. The largest absolute Gasteiger partial charge is 0.478 e. The van der Waals surface area contributed by atoms with Crippen molar-refractivity contribution in [3.8, 4) is 11.1 Å². The number of hydrogen-bond donors (Lipinski definition) is 1. The molecule has 0 bridgehead atoms. The molecule has 0 amide bonds. The Labute approximate surface area is 207 Å². The minimum Gasteiger partial charge on any atom is -0.478 e. The van der Waals surface area contributed by atoms with Crippen molar-refractivity contribution in [2.75, 3.05) is 20.6 Å². The first-order valence-electron chi connectivity index (χ1n) is 12.3. The van der Waals surface area contributed by atoms with E-state index in [0.717, 1.165) is 49.8 Å². The highest BCUT2D eigenvalue weighted by molar-refractivity contribution is 5.96. The van der Waals surface area contributed by atoms with E-state index in [2.05, 4.69) is 17.0 Å². The van der Waals surface area contributed by atoms with Crippen molar-refractivity contribution < 1.29 is 19.4 Å². The summed E-state index contributed by atoms with van der Waals surface area (Å²) in [7, 11) is 4.08. The Balaban J connectivity index is 1.70. The second-order valence-corrected chi connectivity index (χ2v) is 9.67. The van der Waals surface area contributed by atoms with E-state index in [9.17, 15) is 14.7 Å². The van der Waals surface area contributed by atoms with Gasteiger partial charge >= 0.3 is 11.9 Å². The first-order chi connectivity index (χ1) is 16.9. The molecule has 4 rings (SSSR count). The number of carbonyl (C=O) groups excluding carboxylic acids is 1. The van der Waals surface area contributed by atoms with E-state index < -0.39 is 11.6 Å². The van der Waals surface area contributed by atoms with Crippen molar-refractivity contribution >= 4 is 11.9 Å². The molecule has 1 atom stereocenters. The highest BCUT2D eigenvalue weighted by Gasteiger charge is 2.44. The van der Waals surface area contributed by atoms with E-state index in [0.29, 0.717) is 11.1 Å². The fourth-order valence-corrected chi connectivity index (χ4v) is 5.25. The summed E-state index contributed by atoms with van der Waals surface area (Å²) in [6.07, 6.45) is 4.84. The number of likely N-dealkylation sites (N-methyl/N-ethyl adjacent to an activating group) is 1. The predicted octanol–water partition coefficient (Wildman–Crippen LogP) is 6.26. The number of rotatable bonds is 8. The number of carbonyl (C=O) groups is 2. The molecule has 182 valence electrons. The van der Waals surface area contributed by atoms with Gasteiger partial charge < -0.3 is 14.7 Å². The van der Waals surface area contributed by atoms with E-state index in [4.69, 9.17) is 4.74 Å². The van der Waals surface area contributed by atoms with Gasteiger partial charge in [-0.05, 0) is 74.7 Å². The topological polar surface area (TPSA) is 66.8 Å². The summed E-state index contributed by atoms with van der Waals surface area (Å²) in [6.45, 7) is 0.743. The standard InChI is InChI=1S/C30H33NO4/c1-31(2)21-27(23-17-15-22(16-18-23)25-13-7-8-14-26(25)28(32)33)30(19-9-4-10-20-30)35-29(34)24-11-5-3-6-12-24/h3,5-8,11-18,27H,4,9-10,19-21H2,1-2H3,(H,32,33). The number of ether oxygens (including phenoxy) is 1. The number of nitrogens with zero attached hydrogens (tertiary/aromatic N) is 1. The van der Waals surface area contributed by atoms with Crippen LogP contribution in [0.25, 0.3) is 11.1 Å². The Hall–Kier alpha value is -3.44. The summed E-state index contributed by atoms with van der Waals surface area (Å²) in [6, 6.07) is 24.3. The average molecular weight is 472 g/mol. The lowest BCUT2D eigenvalue weighted by molar-refractivity contribution is -0.0575. The van der Waals surface area contributed by atoms with Crippen molar-refractivity contribution in [1.29, 1.82) is 0 Å². The summed E-state index contributed by atoms with van der Waals surface area (Å²) in [4.78, 5) is 27.0. The maximum absolute atomic E-state index is 13.2. The third-order valence-corrected chi connectivity index (χ3v) is 6.97. The van der Waals surface area contributed by atoms with E-state index in [1.165, 1.54) is 0 Å². The molecule has 35 heavy (non-hydrogen) atoms. The van der Waals surface area contributed by atoms with Crippen LogP contribution < -0.4 is 0 Å². The molecule has 3 aromatic carbocycles. The van der Waals surface area contributed by atoms with Crippen LogP contribution in [-0.4, -0.2) is 48.2 Å². The van der Waals surface area contributed by atoms with Crippen molar-refractivity contribution in [1.82, 2.24) is 4.90 Å². The summed E-state index contributed by atoms with van der Waals surface area (Å²) in [5.74, 6) is -1.22. The van der Waals surface area contributed by atoms with Crippen LogP contribution in [0.1, 0.15) is 64.3 Å². The van der Waals surface area contributed by atoms with Crippen molar-refractivity contribution in [2.45, 2.75) is 43.6 Å². The van der Waals surface area contributed by atoms with Gasteiger partial charge in [-0.25, -0.2) is 9.59 Å². The second-order valence-electron chi connectivity index (χ2n) is 9.67. The molecule has 1 aliphatic rings. The molecule has 1 saturated carbocycles. The van der Waals surface area contributed by atoms with Gasteiger partial charge in [0.15, 0.2) is 0 Å². The normalized spacial score (nSPS) is 16.0. The first kappa shape index (κ1) is 24.7. The molecule has 5 nitrogen and oxygen atoms in total. The number of benzene rings is 3. The summed E-state index contributed by atoms with van der Waals surface area (Å²) < 4.78 is 6.40. The Morgan fingerprint density at radius 3 is 2.14 bits per heavy atom. The van der Waals surface area contributed by atoms with Crippen LogP contribution in [0.4, 0.5) is 0 Å². The van der Waals surface area contributed by atoms with Gasteiger partial charge in [-0.2, -0.15) is 0 Å².